The summed E-state index contributed by atoms with van der Waals surface area (Å²) in [5.41, 5.74) is 3.27. The van der Waals surface area contributed by atoms with E-state index in [0.29, 0.717) is 22.5 Å². The number of carbonyl (C=O) groups excluding carboxylic acids is 3. The van der Waals surface area contributed by atoms with Gasteiger partial charge in [0.05, 0.1) is 0 Å². The second kappa shape index (κ2) is 9.19. The fourth-order valence-corrected chi connectivity index (χ4v) is 3.19. The molecule has 1 aliphatic heterocycles. The maximum absolute atomic E-state index is 12.4. The predicted octanol–water partition coefficient (Wildman–Crippen LogP) is 4.01. The quantitative estimate of drug-likeness (QED) is 0.576. The summed E-state index contributed by atoms with van der Waals surface area (Å²) in [5.74, 6) is -0.776. The van der Waals surface area contributed by atoms with Crippen LogP contribution < -0.4 is 15.5 Å². The van der Waals surface area contributed by atoms with Crippen LogP contribution in [0.25, 0.3) is 0 Å². The van der Waals surface area contributed by atoms with Crippen molar-refractivity contribution in [3.63, 3.8) is 0 Å². The molecule has 1 saturated heterocycles. The van der Waals surface area contributed by atoms with E-state index in [2.05, 4.69) is 15.5 Å². The third-order valence-electron chi connectivity index (χ3n) is 4.86. The lowest BCUT2D eigenvalue weighted by Crippen LogP contribution is -2.18. The third-order valence-corrected chi connectivity index (χ3v) is 4.86. The van der Waals surface area contributed by atoms with Gasteiger partial charge in [0, 0.05) is 47.4 Å². The normalized spacial score (nSPS) is 13.9. The number of anilines is 3. The van der Waals surface area contributed by atoms with Crippen LogP contribution in [0.1, 0.15) is 37.0 Å². The minimum Gasteiger partial charge on any atom is -0.372 e. The highest BCUT2D eigenvalue weighted by Crippen LogP contribution is 2.22. The zero-order valence-electron chi connectivity index (χ0n) is 16.7. The molecule has 2 amide bonds. The highest BCUT2D eigenvalue weighted by atomic mass is 16.2. The van der Waals surface area contributed by atoms with Crippen molar-refractivity contribution in [1.29, 1.82) is 0 Å². The van der Waals surface area contributed by atoms with Crippen LogP contribution in [0, 0.1) is 0 Å². The molecule has 150 valence electrons. The molecule has 2 aromatic carbocycles. The van der Waals surface area contributed by atoms with Crippen LogP contribution in [0.4, 0.5) is 17.1 Å². The van der Waals surface area contributed by atoms with Crippen LogP contribution in [-0.4, -0.2) is 30.7 Å². The molecule has 3 rings (SSSR count). The molecule has 2 aromatic rings. The number of Topliss-reactive ketones (excluding diaryl/α,β-unsaturated/α-hetero) is 1. The zero-order valence-corrected chi connectivity index (χ0v) is 16.7. The van der Waals surface area contributed by atoms with Gasteiger partial charge in [-0.05, 0) is 75.2 Å². The van der Waals surface area contributed by atoms with Crippen LogP contribution >= 0.6 is 0 Å². The van der Waals surface area contributed by atoms with Gasteiger partial charge in [0.1, 0.15) is 0 Å². The van der Waals surface area contributed by atoms with E-state index in [9.17, 15) is 14.4 Å². The first-order valence-electron chi connectivity index (χ1n) is 9.69. The summed E-state index contributed by atoms with van der Waals surface area (Å²) in [6.07, 6.45) is 3.68. The number of amides is 2. The van der Waals surface area contributed by atoms with Gasteiger partial charge in [-0.2, -0.15) is 0 Å². The van der Waals surface area contributed by atoms with Gasteiger partial charge in [0.25, 0.3) is 5.91 Å². The fraction of sp³-hybridized carbons (Fsp3) is 0.261. The first-order valence-corrected chi connectivity index (χ1v) is 9.69. The molecule has 1 aliphatic rings. The Morgan fingerprint density at radius 1 is 0.828 bits per heavy atom. The average Bonchev–Trinajstić information content (AvgIpc) is 3.23. The van der Waals surface area contributed by atoms with Crippen molar-refractivity contribution in [1.82, 2.24) is 0 Å². The lowest BCUT2D eigenvalue weighted by molar-refractivity contribution is -0.114. The van der Waals surface area contributed by atoms with Gasteiger partial charge in [-0.3, -0.25) is 14.4 Å². The van der Waals surface area contributed by atoms with Gasteiger partial charge >= 0.3 is 0 Å². The van der Waals surface area contributed by atoms with E-state index >= 15 is 0 Å². The number of hydrogen-bond donors (Lipinski definition) is 2. The summed E-state index contributed by atoms with van der Waals surface area (Å²) < 4.78 is 0. The van der Waals surface area contributed by atoms with E-state index in [1.54, 1.807) is 31.2 Å². The van der Waals surface area contributed by atoms with Crippen molar-refractivity contribution in [2.45, 2.75) is 26.7 Å². The highest BCUT2D eigenvalue weighted by Gasteiger charge is 2.13. The second-order valence-electron chi connectivity index (χ2n) is 7.15. The monoisotopic (exact) mass is 391 g/mol. The molecule has 0 aliphatic carbocycles. The molecule has 29 heavy (non-hydrogen) atoms. The standard InChI is InChI=1S/C23H25N3O3/c1-16(15-22(28)24-19-7-5-18(6-8-19)17(2)27)23(29)25-20-9-11-21(12-10-20)26-13-3-4-14-26/h5-12,15H,3-4,13-14H2,1-2H3,(H,24,28)(H,25,29)/b16-15+. The summed E-state index contributed by atoms with van der Waals surface area (Å²) in [4.78, 5) is 38.1. The summed E-state index contributed by atoms with van der Waals surface area (Å²) in [5, 5.41) is 5.49. The number of hydrogen-bond acceptors (Lipinski definition) is 4. The van der Waals surface area contributed by atoms with Crippen LogP contribution in [0.3, 0.4) is 0 Å². The SMILES string of the molecule is CC(=O)c1ccc(NC(=O)/C=C(\C)C(=O)Nc2ccc(N3CCCC3)cc2)cc1. The first-order chi connectivity index (χ1) is 13.9. The van der Waals surface area contributed by atoms with Crippen molar-refractivity contribution < 1.29 is 14.4 Å². The first kappa shape index (κ1) is 20.3. The molecule has 0 spiro atoms. The molecule has 0 atom stereocenters. The number of ketones is 1. The van der Waals surface area contributed by atoms with E-state index in [4.69, 9.17) is 0 Å². The van der Waals surface area contributed by atoms with Crippen molar-refractivity contribution >= 4 is 34.7 Å². The van der Waals surface area contributed by atoms with Crippen LogP contribution in [0.2, 0.25) is 0 Å². The third kappa shape index (κ3) is 5.54. The molecular formula is C23H25N3O3. The molecule has 6 heteroatoms. The number of rotatable bonds is 6. The predicted molar refractivity (Wildman–Crippen MR) is 115 cm³/mol. The summed E-state index contributed by atoms with van der Waals surface area (Å²) in [6, 6.07) is 14.3. The maximum atomic E-state index is 12.4. The Kier molecular flexibility index (Phi) is 6.44. The molecule has 0 saturated carbocycles. The highest BCUT2D eigenvalue weighted by molar-refractivity contribution is 6.10. The Labute approximate surface area is 170 Å². The summed E-state index contributed by atoms with van der Waals surface area (Å²) in [7, 11) is 0. The van der Waals surface area contributed by atoms with Gasteiger partial charge in [-0.1, -0.05) is 0 Å². The Balaban J connectivity index is 1.56. The Morgan fingerprint density at radius 2 is 1.38 bits per heavy atom. The van der Waals surface area contributed by atoms with Gasteiger partial charge in [0.15, 0.2) is 5.78 Å². The van der Waals surface area contributed by atoms with Crippen molar-refractivity contribution in [3.05, 3.63) is 65.7 Å². The van der Waals surface area contributed by atoms with Gasteiger partial charge < -0.3 is 15.5 Å². The molecule has 6 nitrogen and oxygen atoms in total. The van der Waals surface area contributed by atoms with Gasteiger partial charge in [-0.25, -0.2) is 0 Å². The molecule has 0 aromatic heterocycles. The van der Waals surface area contributed by atoms with Crippen molar-refractivity contribution in [2.75, 3.05) is 28.6 Å². The topological polar surface area (TPSA) is 78.5 Å². The smallest absolute Gasteiger partial charge is 0.251 e. The summed E-state index contributed by atoms with van der Waals surface area (Å²) >= 11 is 0. The summed E-state index contributed by atoms with van der Waals surface area (Å²) in [6.45, 7) is 5.21. The molecule has 2 N–H and O–H groups in total. The van der Waals surface area contributed by atoms with E-state index in [0.717, 1.165) is 18.8 Å². The molecule has 0 bridgehead atoms. The molecule has 1 heterocycles. The molecular weight excluding hydrogens is 366 g/mol. The van der Waals surface area contributed by atoms with Crippen LogP contribution in [0.5, 0.6) is 0 Å². The van der Waals surface area contributed by atoms with E-state index in [1.165, 1.54) is 25.8 Å². The van der Waals surface area contributed by atoms with Crippen molar-refractivity contribution in [2.24, 2.45) is 0 Å². The van der Waals surface area contributed by atoms with E-state index < -0.39 is 5.91 Å². The number of nitrogens with one attached hydrogen (secondary N) is 2. The van der Waals surface area contributed by atoms with Crippen molar-refractivity contribution in [3.8, 4) is 0 Å². The second-order valence-corrected chi connectivity index (χ2v) is 7.15. The molecule has 1 fully saturated rings. The number of nitrogens with zero attached hydrogens (tertiary/aromatic N) is 1. The van der Waals surface area contributed by atoms with E-state index in [-0.39, 0.29) is 11.7 Å². The largest absolute Gasteiger partial charge is 0.372 e. The minimum atomic E-state index is -0.405. The van der Waals surface area contributed by atoms with Gasteiger partial charge in [-0.15, -0.1) is 0 Å². The van der Waals surface area contributed by atoms with Crippen LogP contribution in [-0.2, 0) is 9.59 Å². The Hall–Kier alpha value is -3.41. The van der Waals surface area contributed by atoms with E-state index in [1.807, 2.05) is 24.3 Å². The lowest BCUT2D eigenvalue weighted by atomic mass is 10.1. The fourth-order valence-electron chi connectivity index (χ4n) is 3.19. The lowest BCUT2D eigenvalue weighted by Gasteiger charge is -2.17. The Morgan fingerprint density at radius 3 is 1.97 bits per heavy atom. The number of benzene rings is 2. The van der Waals surface area contributed by atoms with Gasteiger partial charge in [0.2, 0.25) is 5.91 Å². The number of carbonyl (C=O) groups is 3. The zero-order chi connectivity index (χ0) is 20.8. The average molecular weight is 391 g/mol. The Bertz CT molecular complexity index is 925. The maximum Gasteiger partial charge on any atom is 0.251 e. The molecule has 0 unspecified atom stereocenters. The molecule has 0 radical (unpaired) electrons. The van der Waals surface area contributed by atoms with Crippen LogP contribution in [0.15, 0.2) is 60.2 Å². The minimum absolute atomic E-state index is 0.0382.